The Hall–Kier alpha value is -1.66. The second kappa shape index (κ2) is 10.8. The fourth-order valence-corrected chi connectivity index (χ4v) is 4.31. The maximum absolute atomic E-state index is 12.5. The summed E-state index contributed by atoms with van der Waals surface area (Å²) in [6, 6.07) is 7.82. The molecule has 2 heterocycles. The van der Waals surface area contributed by atoms with Gasteiger partial charge in [-0.05, 0) is 30.5 Å². The Bertz CT molecular complexity index is 749. The van der Waals surface area contributed by atoms with Crippen LogP contribution in [0.15, 0.2) is 24.3 Å². The van der Waals surface area contributed by atoms with Gasteiger partial charge in [0.05, 0.1) is 0 Å². The van der Waals surface area contributed by atoms with E-state index in [1.807, 2.05) is 29.2 Å². The van der Waals surface area contributed by atoms with Crippen molar-refractivity contribution in [3.05, 3.63) is 40.7 Å². The Balaban J connectivity index is 1.50. The van der Waals surface area contributed by atoms with Crippen LogP contribution in [0, 0.1) is 0 Å². The number of hydrogen-bond acceptors (Lipinski definition) is 5. The van der Waals surface area contributed by atoms with Crippen LogP contribution in [0.25, 0.3) is 0 Å². The average Bonchev–Trinajstić information content (AvgIpc) is 3.01. The van der Waals surface area contributed by atoms with Gasteiger partial charge in [-0.1, -0.05) is 49.9 Å². The van der Waals surface area contributed by atoms with Crippen LogP contribution in [0.3, 0.4) is 0 Å². The third-order valence-electron chi connectivity index (χ3n) is 5.10. The van der Waals surface area contributed by atoms with Gasteiger partial charge < -0.3 is 9.80 Å². The zero-order valence-corrected chi connectivity index (χ0v) is 18.1. The van der Waals surface area contributed by atoms with Crippen molar-refractivity contribution >= 4 is 34.2 Å². The fraction of sp³-hybridized carbons (Fsp3) is 0.571. The summed E-state index contributed by atoms with van der Waals surface area (Å²) in [6.45, 7) is 5.57. The summed E-state index contributed by atoms with van der Waals surface area (Å²) in [6.07, 6.45) is 6.96. The topological polar surface area (TPSA) is 49.3 Å². The van der Waals surface area contributed by atoms with Crippen molar-refractivity contribution in [1.82, 2.24) is 14.3 Å². The largest absolute Gasteiger partial charge is 0.345 e. The molecule has 7 heteroatoms. The maximum Gasteiger partial charge on any atom is 0.222 e. The minimum absolute atomic E-state index is 0.304. The molecule has 0 aliphatic carbocycles. The van der Waals surface area contributed by atoms with E-state index < -0.39 is 0 Å². The van der Waals surface area contributed by atoms with Gasteiger partial charge in [0, 0.05) is 55.6 Å². The van der Waals surface area contributed by atoms with E-state index in [1.165, 1.54) is 24.4 Å². The van der Waals surface area contributed by atoms with Crippen LogP contribution >= 0.6 is 23.1 Å². The van der Waals surface area contributed by atoms with Crippen molar-refractivity contribution in [2.45, 2.75) is 51.9 Å². The van der Waals surface area contributed by atoms with Gasteiger partial charge in [0.2, 0.25) is 11.0 Å². The fourth-order valence-electron chi connectivity index (χ4n) is 3.45. The second-order valence-corrected chi connectivity index (χ2v) is 8.50. The van der Waals surface area contributed by atoms with Crippen molar-refractivity contribution in [3.8, 4) is 0 Å². The Morgan fingerprint density at radius 2 is 1.93 bits per heavy atom. The van der Waals surface area contributed by atoms with Gasteiger partial charge in [0.25, 0.3) is 0 Å². The number of benzene rings is 1. The Morgan fingerprint density at radius 1 is 1.11 bits per heavy atom. The minimum atomic E-state index is 0.304. The molecule has 1 aromatic carbocycles. The molecule has 28 heavy (non-hydrogen) atoms. The van der Waals surface area contributed by atoms with Gasteiger partial charge in [-0.15, -0.1) is 0 Å². The molecule has 0 saturated carbocycles. The van der Waals surface area contributed by atoms with E-state index in [0.717, 1.165) is 67.0 Å². The van der Waals surface area contributed by atoms with Crippen molar-refractivity contribution in [2.75, 3.05) is 31.1 Å². The molecule has 1 saturated heterocycles. The molecule has 5 nitrogen and oxygen atoms in total. The van der Waals surface area contributed by atoms with Crippen LogP contribution in [0.2, 0.25) is 5.02 Å². The number of carbonyl (C=O) groups is 1. The van der Waals surface area contributed by atoms with Gasteiger partial charge in [-0.25, -0.2) is 4.98 Å². The molecular formula is C21H29ClN4OS. The van der Waals surface area contributed by atoms with E-state index in [4.69, 9.17) is 16.6 Å². The number of anilines is 1. The van der Waals surface area contributed by atoms with E-state index >= 15 is 0 Å². The highest BCUT2D eigenvalue weighted by molar-refractivity contribution is 7.09. The number of rotatable bonds is 8. The molecule has 1 aliphatic rings. The van der Waals surface area contributed by atoms with Crippen LogP contribution in [-0.4, -0.2) is 46.3 Å². The van der Waals surface area contributed by atoms with Crippen molar-refractivity contribution in [1.29, 1.82) is 0 Å². The van der Waals surface area contributed by atoms with E-state index in [1.54, 1.807) is 0 Å². The summed E-state index contributed by atoms with van der Waals surface area (Å²) in [5, 5.41) is 1.70. The SMILES string of the molecule is CCCCCCC(=O)N1CCCN(c2nc(Cc3ccc(Cl)cc3)ns2)CC1. The van der Waals surface area contributed by atoms with Crippen molar-refractivity contribution in [3.63, 3.8) is 0 Å². The molecule has 1 amide bonds. The second-order valence-electron chi connectivity index (χ2n) is 7.33. The van der Waals surface area contributed by atoms with Gasteiger partial charge in [-0.3, -0.25) is 4.79 Å². The number of carbonyl (C=O) groups excluding carboxylic acids is 1. The third-order valence-corrected chi connectivity index (χ3v) is 6.16. The number of halogens is 1. The molecule has 0 unspecified atom stereocenters. The molecule has 3 rings (SSSR count). The third kappa shape index (κ3) is 6.17. The van der Waals surface area contributed by atoms with E-state index in [0.29, 0.717) is 18.7 Å². The minimum Gasteiger partial charge on any atom is -0.345 e. The Labute approximate surface area is 176 Å². The van der Waals surface area contributed by atoms with E-state index in [-0.39, 0.29) is 0 Å². The number of nitrogens with zero attached hydrogens (tertiary/aromatic N) is 4. The van der Waals surface area contributed by atoms with Crippen molar-refractivity contribution < 1.29 is 4.79 Å². The van der Waals surface area contributed by atoms with Crippen LogP contribution in [0.5, 0.6) is 0 Å². The van der Waals surface area contributed by atoms with E-state index in [2.05, 4.69) is 16.2 Å². The number of amides is 1. The standard InChI is InChI=1S/C21H29ClN4OS/c1-2-3-4-5-7-20(27)25-12-6-13-26(15-14-25)21-23-19(24-28-21)16-17-8-10-18(22)11-9-17/h8-11H,2-7,12-16H2,1H3. The quantitative estimate of drug-likeness (QED) is 0.576. The van der Waals surface area contributed by atoms with Gasteiger partial charge >= 0.3 is 0 Å². The monoisotopic (exact) mass is 420 g/mol. The summed E-state index contributed by atoms with van der Waals surface area (Å²) in [5.41, 5.74) is 1.16. The molecule has 0 N–H and O–H groups in total. The molecule has 152 valence electrons. The Morgan fingerprint density at radius 3 is 2.71 bits per heavy atom. The summed E-state index contributed by atoms with van der Waals surface area (Å²) in [7, 11) is 0. The highest BCUT2D eigenvalue weighted by Crippen LogP contribution is 2.21. The number of aromatic nitrogens is 2. The van der Waals surface area contributed by atoms with Crippen LogP contribution in [0.1, 0.15) is 56.8 Å². The average molecular weight is 421 g/mol. The first-order valence-corrected chi connectivity index (χ1v) is 11.4. The molecule has 1 fully saturated rings. The van der Waals surface area contributed by atoms with Crippen LogP contribution in [-0.2, 0) is 11.2 Å². The maximum atomic E-state index is 12.5. The lowest BCUT2D eigenvalue weighted by Crippen LogP contribution is -2.35. The van der Waals surface area contributed by atoms with E-state index in [9.17, 15) is 4.79 Å². The highest BCUT2D eigenvalue weighted by Gasteiger charge is 2.21. The van der Waals surface area contributed by atoms with Crippen LogP contribution < -0.4 is 4.90 Å². The van der Waals surface area contributed by atoms with Crippen LogP contribution in [0.4, 0.5) is 5.13 Å². The van der Waals surface area contributed by atoms with Gasteiger partial charge in [0.15, 0.2) is 0 Å². The first-order valence-electron chi connectivity index (χ1n) is 10.3. The molecule has 0 atom stereocenters. The lowest BCUT2D eigenvalue weighted by atomic mass is 10.1. The molecule has 1 aromatic heterocycles. The summed E-state index contributed by atoms with van der Waals surface area (Å²) in [5.74, 6) is 1.15. The first kappa shape index (κ1) is 21.1. The molecule has 0 radical (unpaired) electrons. The molecule has 0 bridgehead atoms. The van der Waals surface area contributed by atoms with Gasteiger partial charge in [-0.2, -0.15) is 4.37 Å². The number of hydrogen-bond donors (Lipinski definition) is 0. The summed E-state index contributed by atoms with van der Waals surface area (Å²) >= 11 is 7.40. The zero-order chi connectivity index (χ0) is 19.8. The molecular weight excluding hydrogens is 392 g/mol. The normalized spacial score (nSPS) is 14.9. The highest BCUT2D eigenvalue weighted by atomic mass is 35.5. The summed E-state index contributed by atoms with van der Waals surface area (Å²) in [4.78, 5) is 21.5. The molecule has 2 aromatic rings. The predicted molar refractivity (Wildman–Crippen MR) is 116 cm³/mol. The molecule has 0 spiro atoms. The molecule has 1 aliphatic heterocycles. The lowest BCUT2D eigenvalue weighted by Gasteiger charge is -2.21. The smallest absolute Gasteiger partial charge is 0.222 e. The zero-order valence-electron chi connectivity index (χ0n) is 16.6. The first-order chi connectivity index (χ1) is 13.7. The predicted octanol–water partition coefficient (Wildman–Crippen LogP) is 4.79. The summed E-state index contributed by atoms with van der Waals surface area (Å²) < 4.78 is 4.53. The van der Waals surface area contributed by atoms with Gasteiger partial charge in [0.1, 0.15) is 5.82 Å². The van der Waals surface area contributed by atoms with Crippen molar-refractivity contribution in [2.24, 2.45) is 0 Å². The Kier molecular flexibility index (Phi) is 8.10. The lowest BCUT2D eigenvalue weighted by molar-refractivity contribution is -0.131. The number of unbranched alkanes of at least 4 members (excludes halogenated alkanes) is 3.